The Morgan fingerprint density at radius 3 is 2.46 bits per heavy atom. The fraction of sp³-hybridized carbons (Fsp3) is 0.556. The Hall–Kier alpha value is -4.20. The van der Waals surface area contributed by atoms with Gasteiger partial charge in [-0.15, -0.1) is 6.58 Å². The average Bonchev–Trinajstić information content (AvgIpc) is 3.36. The lowest BCUT2D eigenvalue weighted by Crippen LogP contribution is -2.60. The number of pyridine rings is 1. The standard InChI is InChI=1S/C36H46BrN5O8/c1-7-20-17-36(20,33(46)49-6)41-31(44)27-15-23(50-29-16-26(28(43)18-37)39-25-14-22(48-5)12-13-24(25)29)19-42(27)32(45)30(35(2,3)4)40-34(47)38-21-10-8-9-11-21/h7,12-14,16,20-21,23,27,30H,1,8-11,15,17-19H2,2-6H3,(H,41,44)(H2,38,40,47)/t20-,23-,27+,30-,36-/m1/s1. The summed E-state index contributed by atoms with van der Waals surface area (Å²) in [5.41, 5.74) is -1.36. The number of likely N-dealkylation sites (tertiary alicyclic amines) is 1. The third-order valence-corrected chi connectivity index (χ3v) is 10.3. The molecule has 50 heavy (non-hydrogen) atoms. The summed E-state index contributed by atoms with van der Waals surface area (Å²) in [4.78, 5) is 73.2. The van der Waals surface area contributed by atoms with Crippen LogP contribution in [0.1, 0.15) is 69.8 Å². The monoisotopic (exact) mass is 755 g/mol. The molecule has 5 rings (SSSR count). The van der Waals surface area contributed by atoms with Crippen LogP contribution in [0.15, 0.2) is 36.9 Å². The van der Waals surface area contributed by atoms with E-state index in [4.69, 9.17) is 14.2 Å². The van der Waals surface area contributed by atoms with E-state index in [0.717, 1.165) is 25.7 Å². The van der Waals surface area contributed by atoms with Crippen molar-refractivity contribution in [2.24, 2.45) is 11.3 Å². The Morgan fingerprint density at radius 2 is 1.86 bits per heavy atom. The number of Topliss-reactive ketones (excluding diaryl/α,β-unsaturated/α-hetero) is 1. The number of esters is 1. The lowest BCUT2D eigenvalue weighted by atomic mass is 9.85. The Balaban J connectivity index is 1.47. The predicted molar refractivity (Wildman–Crippen MR) is 189 cm³/mol. The molecule has 270 valence electrons. The SMILES string of the molecule is C=C[C@@H]1C[C@]1(NC(=O)[C@@H]1C[C@@H](Oc2cc(C(=O)CBr)nc3cc(OC)ccc23)CN1C(=O)[C@@H](NC(=O)NC1CCCC1)C(C)(C)C)C(=O)OC. The van der Waals surface area contributed by atoms with Crippen LogP contribution in [-0.2, 0) is 19.1 Å². The number of methoxy groups -OCH3 is 2. The molecule has 0 unspecified atom stereocenters. The van der Waals surface area contributed by atoms with Crippen LogP contribution in [0.25, 0.3) is 10.9 Å². The smallest absolute Gasteiger partial charge is 0.332 e. The Labute approximate surface area is 300 Å². The largest absolute Gasteiger partial charge is 0.497 e. The third kappa shape index (κ3) is 7.74. The van der Waals surface area contributed by atoms with Gasteiger partial charge in [0.05, 0.1) is 31.6 Å². The van der Waals surface area contributed by atoms with E-state index >= 15 is 0 Å². The number of hydrogen-bond acceptors (Lipinski definition) is 9. The number of aromatic nitrogens is 1. The number of nitrogens with one attached hydrogen (secondary N) is 3. The number of rotatable bonds is 12. The number of fused-ring (bicyclic) bond motifs is 1. The zero-order valence-corrected chi connectivity index (χ0v) is 30.8. The van der Waals surface area contributed by atoms with E-state index in [9.17, 15) is 24.0 Å². The van der Waals surface area contributed by atoms with Crippen LogP contribution < -0.4 is 25.4 Å². The molecule has 0 spiro atoms. The zero-order chi connectivity index (χ0) is 36.4. The molecule has 2 heterocycles. The first-order chi connectivity index (χ1) is 23.7. The first-order valence-corrected chi connectivity index (χ1v) is 18.0. The summed E-state index contributed by atoms with van der Waals surface area (Å²) in [6, 6.07) is 4.31. The molecule has 2 saturated carbocycles. The highest BCUT2D eigenvalue weighted by Gasteiger charge is 2.62. The number of carbonyl (C=O) groups excluding carboxylic acids is 5. The molecule has 1 saturated heterocycles. The van der Waals surface area contributed by atoms with E-state index in [0.29, 0.717) is 28.8 Å². The summed E-state index contributed by atoms with van der Waals surface area (Å²) < 4.78 is 16.9. The first kappa shape index (κ1) is 37.1. The lowest BCUT2D eigenvalue weighted by molar-refractivity contribution is -0.148. The maximum Gasteiger partial charge on any atom is 0.332 e. The number of ketones is 1. The molecule has 1 aromatic heterocycles. The molecule has 2 aliphatic carbocycles. The number of alkyl halides is 1. The van der Waals surface area contributed by atoms with E-state index < -0.39 is 53.0 Å². The molecule has 3 aliphatic rings. The second kappa shape index (κ2) is 15.0. The van der Waals surface area contributed by atoms with Crippen molar-refractivity contribution >= 4 is 56.4 Å². The molecular weight excluding hydrogens is 710 g/mol. The minimum absolute atomic E-state index is 0.00672. The highest BCUT2D eigenvalue weighted by molar-refractivity contribution is 9.09. The normalized spacial score (nSPS) is 23.9. The molecule has 0 radical (unpaired) electrons. The number of halogens is 1. The van der Waals surface area contributed by atoms with Gasteiger partial charge in [-0.05, 0) is 36.8 Å². The predicted octanol–water partition coefficient (Wildman–Crippen LogP) is 4.06. The molecule has 0 bridgehead atoms. The van der Waals surface area contributed by atoms with Gasteiger partial charge < -0.3 is 35.1 Å². The number of carbonyl (C=O) groups is 5. The summed E-state index contributed by atoms with van der Waals surface area (Å²) in [6.45, 7) is 9.31. The van der Waals surface area contributed by atoms with Gasteiger partial charge in [0, 0.05) is 35.9 Å². The van der Waals surface area contributed by atoms with Gasteiger partial charge in [0.1, 0.15) is 40.9 Å². The van der Waals surface area contributed by atoms with Crippen LogP contribution in [0.5, 0.6) is 11.5 Å². The Kier molecular flexibility index (Phi) is 11.1. The molecule has 4 amide bonds. The van der Waals surface area contributed by atoms with Crippen molar-refractivity contribution in [3.63, 3.8) is 0 Å². The fourth-order valence-electron chi connectivity index (χ4n) is 6.90. The number of urea groups is 1. The van der Waals surface area contributed by atoms with E-state index in [-0.39, 0.29) is 41.7 Å². The van der Waals surface area contributed by atoms with Crippen molar-refractivity contribution in [2.75, 3.05) is 26.1 Å². The Morgan fingerprint density at radius 1 is 1.14 bits per heavy atom. The van der Waals surface area contributed by atoms with E-state index in [2.05, 4.69) is 43.4 Å². The second-order valence-corrected chi connectivity index (χ2v) is 14.9. The molecule has 13 nitrogen and oxygen atoms in total. The van der Waals surface area contributed by atoms with Crippen LogP contribution in [0, 0.1) is 11.3 Å². The summed E-state index contributed by atoms with van der Waals surface area (Å²) in [6.07, 6.45) is 5.10. The van der Waals surface area contributed by atoms with Crippen molar-refractivity contribution < 1.29 is 38.2 Å². The van der Waals surface area contributed by atoms with Gasteiger partial charge in [0.2, 0.25) is 11.8 Å². The van der Waals surface area contributed by atoms with Crippen molar-refractivity contribution in [1.29, 1.82) is 0 Å². The highest BCUT2D eigenvalue weighted by Crippen LogP contribution is 2.45. The van der Waals surface area contributed by atoms with Crippen LogP contribution >= 0.6 is 15.9 Å². The number of hydrogen-bond donors (Lipinski definition) is 3. The third-order valence-electron chi connectivity index (χ3n) is 9.80. The maximum absolute atomic E-state index is 14.5. The average molecular weight is 757 g/mol. The quantitative estimate of drug-likeness (QED) is 0.125. The number of ether oxygens (including phenoxy) is 3. The second-order valence-electron chi connectivity index (χ2n) is 14.3. The summed E-state index contributed by atoms with van der Waals surface area (Å²) in [5, 5.41) is 9.39. The topological polar surface area (TPSA) is 165 Å². The summed E-state index contributed by atoms with van der Waals surface area (Å²) in [7, 11) is 2.78. The number of nitrogens with zero attached hydrogens (tertiary/aromatic N) is 2. The van der Waals surface area contributed by atoms with Crippen molar-refractivity contribution in [1.82, 2.24) is 25.8 Å². The minimum Gasteiger partial charge on any atom is -0.497 e. The number of benzene rings is 1. The molecule has 3 fully saturated rings. The lowest BCUT2D eigenvalue weighted by Gasteiger charge is -2.35. The Bertz CT molecular complexity index is 1670. The van der Waals surface area contributed by atoms with Gasteiger partial charge in [-0.1, -0.05) is 55.6 Å². The zero-order valence-electron chi connectivity index (χ0n) is 29.2. The fourth-order valence-corrected chi connectivity index (χ4v) is 7.18. The van der Waals surface area contributed by atoms with Gasteiger partial charge in [-0.2, -0.15) is 0 Å². The molecule has 3 N–H and O–H groups in total. The van der Waals surface area contributed by atoms with Gasteiger partial charge in [-0.25, -0.2) is 14.6 Å². The minimum atomic E-state index is -1.28. The summed E-state index contributed by atoms with van der Waals surface area (Å²) in [5.74, 6) is -1.31. The molecule has 1 aromatic carbocycles. The van der Waals surface area contributed by atoms with E-state index in [1.807, 2.05) is 20.8 Å². The van der Waals surface area contributed by atoms with E-state index in [1.165, 1.54) is 19.1 Å². The summed E-state index contributed by atoms with van der Waals surface area (Å²) >= 11 is 3.21. The molecular formula is C36H46BrN5O8. The first-order valence-electron chi connectivity index (χ1n) is 16.9. The van der Waals surface area contributed by atoms with Crippen molar-refractivity contribution in [2.45, 2.75) is 89.1 Å². The van der Waals surface area contributed by atoms with Gasteiger partial charge >= 0.3 is 12.0 Å². The molecule has 1 aliphatic heterocycles. The number of amides is 4. The van der Waals surface area contributed by atoms with Crippen LogP contribution in [0.2, 0.25) is 0 Å². The van der Waals surface area contributed by atoms with Gasteiger partial charge in [0.25, 0.3) is 0 Å². The van der Waals surface area contributed by atoms with Gasteiger partial charge in [0.15, 0.2) is 5.78 Å². The molecule has 2 aromatic rings. The molecule has 5 atom stereocenters. The van der Waals surface area contributed by atoms with Crippen molar-refractivity contribution in [3.05, 3.63) is 42.6 Å². The molecule has 14 heteroatoms. The van der Waals surface area contributed by atoms with Gasteiger partial charge in [-0.3, -0.25) is 14.4 Å². The van der Waals surface area contributed by atoms with Crippen LogP contribution in [0.3, 0.4) is 0 Å². The van der Waals surface area contributed by atoms with Crippen molar-refractivity contribution in [3.8, 4) is 11.5 Å². The maximum atomic E-state index is 14.5. The van der Waals surface area contributed by atoms with Crippen LogP contribution in [-0.4, -0.2) is 95.3 Å². The van der Waals surface area contributed by atoms with Crippen LogP contribution in [0.4, 0.5) is 4.79 Å². The van der Waals surface area contributed by atoms with E-state index in [1.54, 1.807) is 30.3 Å². The highest BCUT2D eigenvalue weighted by atomic mass is 79.9.